The van der Waals surface area contributed by atoms with Crippen LogP contribution in [-0.2, 0) is 6.18 Å². The summed E-state index contributed by atoms with van der Waals surface area (Å²) in [6, 6.07) is 5.28. The molecule has 2 heterocycles. The van der Waals surface area contributed by atoms with Gasteiger partial charge in [0.25, 0.3) is 0 Å². The number of benzene rings is 1. The van der Waals surface area contributed by atoms with Gasteiger partial charge < -0.3 is 25.5 Å². The van der Waals surface area contributed by atoms with Gasteiger partial charge in [0, 0.05) is 30.1 Å². The van der Waals surface area contributed by atoms with Gasteiger partial charge >= 0.3 is 12.3 Å². The Morgan fingerprint density at radius 1 is 1.33 bits per heavy atom. The van der Waals surface area contributed by atoms with E-state index in [1.54, 1.807) is 18.5 Å². The highest BCUT2D eigenvalue weighted by molar-refractivity contribution is 5.72. The summed E-state index contributed by atoms with van der Waals surface area (Å²) >= 11 is 0. The summed E-state index contributed by atoms with van der Waals surface area (Å²) in [4.78, 5) is 23.9. The van der Waals surface area contributed by atoms with Crippen LogP contribution >= 0.6 is 0 Å². The zero-order valence-corrected chi connectivity index (χ0v) is 17.6. The first-order valence-corrected chi connectivity index (χ1v) is 10.3. The topological polar surface area (TPSA) is 112 Å². The van der Waals surface area contributed by atoms with Crippen LogP contribution in [0.4, 0.5) is 23.9 Å². The summed E-state index contributed by atoms with van der Waals surface area (Å²) in [5, 5.41) is 15.2. The summed E-state index contributed by atoms with van der Waals surface area (Å²) in [7, 11) is 0. The first kappa shape index (κ1) is 22.6. The number of aryl methyl sites for hydroxylation is 1. The van der Waals surface area contributed by atoms with Crippen LogP contribution in [-0.4, -0.2) is 38.8 Å². The van der Waals surface area contributed by atoms with Gasteiger partial charge in [0.05, 0.1) is 23.9 Å². The molecule has 1 unspecified atom stereocenters. The molecule has 1 amide bonds. The van der Waals surface area contributed by atoms with E-state index in [0.717, 1.165) is 30.5 Å². The molecule has 8 nitrogen and oxygen atoms in total. The Labute approximate surface area is 187 Å². The van der Waals surface area contributed by atoms with Gasteiger partial charge in [-0.3, -0.25) is 0 Å². The predicted molar refractivity (Wildman–Crippen MR) is 114 cm³/mol. The highest BCUT2D eigenvalue weighted by Gasteiger charge is 2.31. The number of ether oxygens (including phenoxy) is 1. The number of hydrogen-bond acceptors (Lipinski definition) is 6. The molecule has 174 valence electrons. The maximum Gasteiger partial charge on any atom is 0.416 e. The van der Waals surface area contributed by atoms with Crippen LogP contribution in [0.5, 0.6) is 5.88 Å². The van der Waals surface area contributed by atoms with Crippen molar-refractivity contribution in [3.05, 3.63) is 59.4 Å². The van der Waals surface area contributed by atoms with E-state index in [9.17, 15) is 23.1 Å². The van der Waals surface area contributed by atoms with Gasteiger partial charge in [0.15, 0.2) is 0 Å². The Kier molecular flexibility index (Phi) is 6.23. The third kappa shape index (κ3) is 5.61. The number of carbonyl (C=O) groups excluding carboxylic acids is 1. The van der Waals surface area contributed by atoms with Crippen molar-refractivity contribution in [2.24, 2.45) is 0 Å². The number of H-pyrrole nitrogens is 1. The predicted octanol–water partition coefficient (Wildman–Crippen LogP) is 4.20. The number of amides is 1. The minimum Gasteiger partial charge on any atom is -0.394 e. The Morgan fingerprint density at radius 3 is 2.82 bits per heavy atom. The summed E-state index contributed by atoms with van der Waals surface area (Å²) < 4.78 is 44.1. The average Bonchev–Trinajstić information content (AvgIpc) is 3.48. The van der Waals surface area contributed by atoms with Gasteiger partial charge in [-0.1, -0.05) is 12.1 Å². The van der Waals surface area contributed by atoms with Crippen LogP contribution in [0.15, 0.2) is 42.7 Å². The van der Waals surface area contributed by atoms with Gasteiger partial charge in [-0.15, -0.1) is 0 Å². The number of alkyl halides is 3. The number of aromatic nitrogens is 3. The number of carbonyl (C=O) groups is 1. The number of nitrogens with one attached hydrogen (secondary N) is 3. The molecule has 4 N–H and O–H groups in total. The average molecular weight is 461 g/mol. The summed E-state index contributed by atoms with van der Waals surface area (Å²) in [6.45, 7) is 1.25. The largest absolute Gasteiger partial charge is 0.416 e. The molecule has 1 aromatic carbocycles. The van der Waals surface area contributed by atoms with E-state index in [1.807, 2.05) is 6.92 Å². The fourth-order valence-electron chi connectivity index (χ4n) is 3.22. The van der Waals surface area contributed by atoms with Crippen molar-refractivity contribution in [3.63, 3.8) is 0 Å². The van der Waals surface area contributed by atoms with Crippen LogP contribution in [0.1, 0.15) is 35.6 Å². The Hall–Kier alpha value is -3.60. The second kappa shape index (κ2) is 9.10. The molecule has 1 fully saturated rings. The number of aliphatic hydroxyl groups is 1. The molecule has 0 aliphatic heterocycles. The first-order chi connectivity index (χ1) is 15.7. The second-order valence-corrected chi connectivity index (χ2v) is 7.79. The van der Waals surface area contributed by atoms with Crippen molar-refractivity contribution in [2.75, 3.05) is 11.9 Å². The lowest BCUT2D eigenvalue weighted by molar-refractivity contribution is -0.137. The van der Waals surface area contributed by atoms with E-state index in [1.165, 1.54) is 12.1 Å². The third-order valence-corrected chi connectivity index (χ3v) is 5.11. The first-order valence-electron chi connectivity index (χ1n) is 10.3. The molecule has 0 radical (unpaired) electrons. The number of nitrogens with zero attached hydrogens (tertiary/aromatic N) is 2. The van der Waals surface area contributed by atoms with Crippen LogP contribution in [0.3, 0.4) is 0 Å². The van der Waals surface area contributed by atoms with E-state index in [4.69, 9.17) is 4.74 Å². The molecular formula is C22H22F3N5O3. The Morgan fingerprint density at radius 2 is 2.12 bits per heavy atom. The quantitative estimate of drug-likeness (QED) is 0.420. The fraction of sp³-hybridized carbons (Fsp3) is 0.318. The summed E-state index contributed by atoms with van der Waals surface area (Å²) in [6.07, 6.45) is 0.0156. The van der Waals surface area contributed by atoms with Gasteiger partial charge in [0.1, 0.15) is 0 Å². The lowest BCUT2D eigenvalue weighted by Crippen LogP contribution is -2.33. The van der Waals surface area contributed by atoms with Crippen LogP contribution < -0.4 is 15.4 Å². The molecule has 1 aliphatic rings. The molecule has 33 heavy (non-hydrogen) atoms. The molecule has 1 saturated carbocycles. The molecule has 1 aliphatic carbocycles. The molecule has 3 aromatic rings. The lowest BCUT2D eigenvalue weighted by Gasteiger charge is -2.17. The number of aromatic amines is 1. The van der Waals surface area contributed by atoms with Crippen LogP contribution in [0.25, 0.3) is 11.3 Å². The molecule has 1 atom stereocenters. The third-order valence-electron chi connectivity index (χ3n) is 5.11. The summed E-state index contributed by atoms with van der Waals surface area (Å²) in [5.41, 5.74) is 1.39. The highest BCUT2D eigenvalue weighted by Crippen LogP contribution is 2.31. The van der Waals surface area contributed by atoms with E-state index in [0.29, 0.717) is 23.2 Å². The SMILES string of the molecule is Cc1cnc(NC2CC2)nc1-c1c[nH]c(OC(=O)NC(CO)c2cccc(C(F)(F)F)c2)c1. The lowest BCUT2D eigenvalue weighted by atomic mass is 10.0. The molecule has 0 spiro atoms. The van der Waals surface area contributed by atoms with Gasteiger partial charge in [-0.2, -0.15) is 13.2 Å². The van der Waals surface area contributed by atoms with Crippen molar-refractivity contribution < 1.29 is 27.8 Å². The zero-order chi connectivity index (χ0) is 23.6. The van der Waals surface area contributed by atoms with Gasteiger partial charge in [-0.25, -0.2) is 14.8 Å². The molecule has 4 rings (SSSR count). The standard InChI is InChI=1S/C22H22F3N5O3/c1-12-9-27-20(28-16-5-6-16)30-19(12)14-8-18(26-10-14)33-21(32)29-17(11-31)13-3-2-4-15(7-13)22(23,24)25/h2-4,7-10,16-17,26,31H,5-6,11H2,1H3,(H,29,32)(H,27,28,30). The van der Waals surface area contributed by atoms with Crippen LogP contribution in [0.2, 0.25) is 0 Å². The van der Waals surface area contributed by atoms with E-state index < -0.39 is 30.5 Å². The van der Waals surface area contributed by atoms with Gasteiger partial charge in [-0.05, 0) is 43.0 Å². The van der Waals surface area contributed by atoms with Crippen molar-refractivity contribution in [1.29, 1.82) is 0 Å². The van der Waals surface area contributed by atoms with Crippen LogP contribution in [0, 0.1) is 6.92 Å². The van der Waals surface area contributed by atoms with Crippen molar-refractivity contribution >= 4 is 12.0 Å². The smallest absolute Gasteiger partial charge is 0.394 e. The number of halogens is 3. The molecule has 2 aromatic heterocycles. The second-order valence-electron chi connectivity index (χ2n) is 7.79. The number of rotatable bonds is 7. The zero-order valence-electron chi connectivity index (χ0n) is 17.6. The monoisotopic (exact) mass is 461 g/mol. The minimum atomic E-state index is -4.54. The van der Waals surface area contributed by atoms with Gasteiger partial charge in [0.2, 0.25) is 11.8 Å². The molecule has 11 heteroatoms. The maximum absolute atomic E-state index is 13.0. The van der Waals surface area contributed by atoms with Crippen molar-refractivity contribution in [1.82, 2.24) is 20.3 Å². The molecule has 0 saturated heterocycles. The summed E-state index contributed by atoms with van der Waals surface area (Å²) in [5.74, 6) is 0.629. The van der Waals surface area contributed by atoms with E-state index in [-0.39, 0.29) is 11.4 Å². The normalized spacial score (nSPS) is 14.6. The Balaban J connectivity index is 1.43. The highest BCUT2D eigenvalue weighted by atomic mass is 19.4. The number of anilines is 1. The molecular weight excluding hydrogens is 439 g/mol. The maximum atomic E-state index is 13.0. The van der Waals surface area contributed by atoms with E-state index in [2.05, 4.69) is 25.6 Å². The number of aliphatic hydroxyl groups excluding tert-OH is 1. The van der Waals surface area contributed by atoms with E-state index >= 15 is 0 Å². The Bertz CT molecular complexity index is 1140. The number of hydrogen-bond donors (Lipinski definition) is 4. The fourth-order valence-corrected chi connectivity index (χ4v) is 3.22. The molecule has 0 bridgehead atoms. The van der Waals surface area contributed by atoms with Crippen molar-refractivity contribution in [2.45, 2.75) is 38.0 Å². The van der Waals surface area contributed by atoms with Crippen molar-refractivity contribution in [3.8, 4) is 17.1 Å². The minimum absolute atomic E-state index is 0.101.